The molecule has 302 valence electrons. The van der Waals surface area contributed by atoms with Crippen molar-refractivity contribution in [2.45, 2.75) is 102 Å². The minimum absolute atomic E-state index is 0.00541. The number of anilines is 1. The number of ether oxygens (including phenoxy) is 2. The summed E-state index contributed by atoms with van der Waals surface area (Å²) in [5.41, 5.74) is 0.969. The monoisotopic (exact) mass is 805 g/mol. The summed E-state index contributed by atoms with van der Waals surface area (Å²) in [7, 11) is 1.58. The van der Waals surface area contributed by atoms with Gasteiger partial charge in [-0.25, -0.2) is 14.8 Å². The molecule has 1 saturated heterocycles. The lowest BCUT2D eigenvalue weighted by Gasteiger charge is -2.30. The van der Waals surface area contributed by atoms with Gasteiger partial charge in [-0.15, -0.1) is 11.3 Å². The van der Waals surface area contributed by atoms with Crippen LogP contribution in [0.1, 0.15) is 81.5 Å². The first kappa shape index (κ1) is 40.0. The van der Waals surface area contributed by atoms with E-state index in [9.17, 15) is 32.7 Å². The molecule has 5 atom stereocenters. The predicted molar refractivity (Wildman–Crippen MR) is 210 cm³/mol. The summed E-state index contributed by atoms with van der Waals surface area (Å²) < 4.78 is 52.4. The van der Waals surface area contributed by atoms with Crippen molar-refractivity contribution in [1.82, 2.24) is 20.2 Å². The molecule has 2 aliphatic heterocycles. The van der Waals surface area contributed by atoms with Gasteiger partial charge in [-0.1, -0.05) is 38.8 Å². The van der Waals surface area contributed by atoms with Gasteiger partial charge in [0, 0.05) is 40.4 Å². The number of nitrogens with one attached hydrogen (secondary N) is 2. The van der Waals surface area contributed by atoms with Gasteiger partial charge in [-0.05, 0) is 74.9 Å². The molecule has 0 bridgehead atoms. The number of methoxy groups -OCH3 is 1. The molecule has 57 heavy (non-hydrogen) atoms. The van der Waals surface area contributed by atoms with Crippen LogP contribution in [-0.4, -0.2) is 75.1 Å². The van der Waals surface area contributed by atoms with E-state index in [1.165, 1.54) is 28.4 Å². The zero-order valence-corrected chi connectivity index (χ0v) is 33.0. The zero-order chi connectivity index (χ0) is 40.6. The molecule has 0 unspecified atom stereocenters. The zero-order valence-electron chi connectivity index (χ0n) is 32.2. The summed E-state index contributed by atoms with van der Waals surface area (Å²) in [6, 6.07) is 8.00. The van der Waals surface area contributed by atoms with Gasteiger partial charge in [0.1, 0.15) is 45.9 Å². The van der Waals surface area contributed by atoms with Crippen molar-refractivity contribution in [3.8, 4) is 22.2 Å². The van der Waals surface area contributed by atoms with Crippen LogP contribution in [0.25, 0.3) is 21.6 Å². The molecule has 2 aromatic carbocycles. The molecule has 7 rings (SSSR count). The predicted octanol–water partition coefficient (Wildman–Crippen LogP) is 8.13. The van der Waals surface area contributed by atoms with E-state index < -0.39 is 53.2 Å². The van der Waals surface area contributed by atoms with Gasteiger partial charge in [-0.2, -0.15) is 13.2 Å². The number of carbonyl (C=O) groups is 3. The number of carboxylic acid groups (broad SMARTS) is 1. The fourth-order valence-corrected chi connectivity index (χ4v) is 8.70. The lowest BCUT2D eigenvalue weighted by atomic mass is 10.0. The number of carbonyl (C=O) groups excluding carboxylic acids is 2. The number of aromatic nitrogens is 2. The number of hydrogen-bond donors (Lipinski definition) is 3. The Morgan fingerprint density at radius 1 is 1.09 bits per heavy atom. The Kier molecular flexibility index (Phi) is 11.2. The van der Waals surface area contributed by atoms with E-state index in [0.717, 1.165) is 36.2 Å². The molecule has 15 heteroatoms. The van der Waals surface area contributed by atoms with Crippen molar-refractivity contribution in [3.63, 3.8) is 0 Å². The molecule has 2 aromatic heterocycles. The molecule has 2 fully saturated rings. The Morgan fingerprint density at radius 2 is 1.86 bits per heavy atom. The highest BCUT2D eigenvalue weighted by Crippen LogP contribution is 2.46. The number of rotatable bonds is 8. The number of nitrogens with zero attached hydrogens (tertiary/aromatic N) is 3. The van der Waals surface area contributed by atoms with E-state index in [1.54, 1.807) is 7.11 Å². The average molecular weight is 806 g/mol. The maximum atomic E-state index is 14.7. The molecule has 4 heterocycles. The van der Waals surface area contributed by atoms with Crippen molar-refractivity contribution in [3.05, 3.63) is 76.8 Å². The highest BCUT2D eigenvalue weighted by Gasteiger charge is 2.61. The number of carboxylic acids is 1. The molecule has 1 saturated carbocycles. The SMILES string of the molecule is COc1ccc2c(O[C@@H]3C[C@H]4C(=O)N[C@]5(C(=O)O)C[C@H]5C=CCCCCC[C@H](Nc5ccc(C(F)(F)F)cc5)C(=O)N4C3)cc(-c3nc(C(C)C)cs3)nc2c1C. The maximum Gasteiger partial charge on any atom is 0.416 e. The number of aliphatic carboxylic acids is 1. The first-order chi connectivity index (χ1) is 27.2. The van der Waals surface area contributed by atoms with Crippen LogP contribution in [0.4, 0.5) is 18.9 Å². The van der Waals surface area contributed by atoms with Gasteiger partial charge in [0.2, 0.25) is 11.8 Å². The normalized spacial score (nSPS) is 24.3. The smallest absolute Gasteiger partial charge is 0.416 e. The molecule has 0 radical (unpaired) electrons. The Hall–Kier alpha value is -5.18. The topological polar surface area (TPSA) is 143 Å². The second-order valence-electron chi connectivity index (χ2n) is 15.4. The molecule has 11 nitrogen and oxygen atoms in total. The standard InChI is InChI=1S/C42H46F3N5O6S/c1-23(2)32-22-57-38(48-32)31-19-35(29-16-17-34(55-4)24(3)36(29)47-31)56-28-18-33-37(51)49-41(40(53)54)20-26(41)10-8-6-5-7-9-11-30(39(52)50(33)21-28)46-27-14-12-25(13-15-27)42(43,44)45/h8,10,12-17,19,22-23,26,28,30,33,46H,5-7,9,11,18,20-21H2,1-4H3,(H,49,51)(H,53,54)/t26-,28-,30+,33+,41-/m1/s1. The minimum atomic E-state index is -4.52. The van der Waals surface area contributed by atoms with E-state index in [1.807, 2.05) is 42.7 Å². The summed E-state index contributed by atoms with van der Waals surface area (Å²) in [6.07, 6.45) is 2.12. The van der Waals surface area contributed by atoms with Gasteiger partial charge >= 0.3 is 12.1 Å². The third-order valence-electron chi connectivity index (χ3n) is 11.2. The van der Waals surface area contributed by atoms with E-state index in [2.05, 4.69) is 24.5 Å². The molecular weight excluding hydrogens is 760 g/mol. The van der Waals surface area contributed by atoms with E-state index in [0.29, 0.717) is 58.1 Å². The lowest BCUT2D eigenvalue weighted by molar-refractivity contribution is -0.145. The summed E-state index contributed by atoms with van der Waals surface area (Å²) >= 11 is 1.47. The second kappa shape index (κ2) is 16.0. The molecule has 1 aliphatic carbocycles. The molecule has 3 N–H and O–H groups in total. The van der Waals surface area contributed by atoms with Crippen LogP contribution in [0, 0.1) is 12.8 Å². The number of thiazole rings is 1. The number of alkyl halides is 3. The molecule has 0 spiro atoms. The van der Waals surface area contributed by atoms with Crippen LogP contribution in [0.15, 0.2) is 60.0 Å². The second-order valence-corrected chi connectivity index (χ2v) is 16.3. The Bertz CT molecular complexity index is 2190. The number of allylic oxidation sites excluding steroid dienone is 1. The Labute approximate surface area is 332 Å². The molecular formula is C42H46F3N5O6S. The number of halogens is 3. The number of aryl methyl sites for hydroxylation is 1. The highest BCUT2D eigenvalue weighted by atomic mass is 32.1. The van der Waals surface area contributed by atoms with E-state index in [4.69, 9.17) is 19.4 Å². The van der Waals surface area contributed by atoms with Gasteiger partial charge in [-0.3, -0.25) is 9.59 Å². The van der Waals surface area contributed by atoms with E-state index >= 15 is 0 Å². The average Bonchev–Trinajstić information content (AvgIpc) is 3.46. The van der Waals surface area contributed by atoms with Crippen LogP contribution < -0.4 is 20.1 Å². The Morgan fingerprint density at radius 3 is 2.54 bits per heavy atom. The minimum Gasteiger partial charge on any atom is -0.496 e. The van der Waals surface area contributed by atoms with Crippen molar-refractivity contribution in [2.24, 2.45) is 5.92 Å². The van der Waals surface area contributed by atoms with Crippen molar-refractivity contribution in [2.75, 3.05) is 19.0 Å². The molecule has 2 amide bonds. The van der Waals surface area contributed by atoms with Gasteiger partial charge in [0.25, 0.3) is 0 Å². The van der Waals surface area contributed by atoms with Gasteiger partial charge in [0.05, 0.1) is 30.4 Å². The number of benzene rings is 2. The number of amides is 2. The van der Waals surface area contributed by atoms with E-state index in [-0.39, 0.29) is 31.2 Å². The number of pyridine rings is 1. The summed E-state index contributed by atoms with van der Waals surface area (Å²) in [5.74, 6) is -1.26. The van der Waals surface area contributed by atoms with Crippen molar-refractivity contribution >= 4 is 45.7 Å². The molecule has 3 aliphatic rings. The van der Waals surface area contributed by atoms with Gasteiger partial charge in [0.15, 0.2) is 0 Å². The summed E-state index contributed by atoms with van der Waals surface area (Å²) in [4.78, 5) is 52.7. The summed E-state index contributed by atoms with van der Waals surface area (Å²) in [6.45, 7) is 6.02. The fourth-order valence-electron chi connectivity index (χ4n) is 7.76. The lowest BCUT2D eigenvalue weighted by Crippen LogP contribution is -2.55. The number of hydrogen-bond acceptors (Lipinski definition) is 9. The van der Waals surface area contributed by atoms with Gasteiger partial charge < -0.3 is 30.1 Å². The van der Waals surface area contributed by atoms with Crippen LogP contribution in [-0.2, 0) is 20.6 Å². The fraction of sp³-hybridized carbons (Fsp3) is 0.452. The maximum absolute atomic E-state index is 14.7. The quantitative estimate of drug-likeness (QED) is 0.151. The number of fused-ring (bicyclic) bond motifs is 3. The molecule has 4 aromatic rings. The Balaban J connectivity index is 1.24. The largest absolute Gasteiger partial charge is 0.496 e. The first-order valence-electron chi connectivity index (χ1n) is 19.3. The highest BCUT2D eigenvalue weighted by molar-refractivity contribution is 7.13. The summed E-state index contributed by atoms with van der Waals surface area (Å²) in [5, 5.41) is 19.6. The van der Waals surface area contributed by atoms with Crippen LogP contribution in [0.3, 0.4) is 0 Å². The van der Waals surface area contributed by atoms with Crippen molar-refractivity contribution in [1.29, 1.82) is 0 Å². The van der Waals surface area contributed by atoms with Crippen LogP contribution in [0.5, 0.6) is 11.5 Å². The third-order valence-corrected chi connectivity index (χ3v) is 12.1. The first-order valence-corrected chi connectivity index (χ1v) is 20.1. The van der Waals surface area contributed by atoms with Crippen molar-refractivity contribution < 1.29 is 42.1 Å². The third kappa shape index (κ3) is 8.30. The van der Waals surface area contributed by atoms with Crippen LogP contribution in [0.2, 0.25) is 0 Å². The van der Waals surface area contributed by atoms with Crippen LogP contribution >= 0.6 is 11.3 Å².